The maximum Gasteiger partial charge on any atom is 0.287 e. The van der Waals surface area contributed by atoms with E-state index in [0.29, 0.717) is 0 Å². The van der Waals surface area contributed by atoms with E-state index < -0.39 is 21.9 Å². The van der Waals surface area contributed by atoms with E-state index in [-0.39, 0.29) is 17.9 Å². The molecule has 0 spiro atoms. The van der Waals surface area contributed by atoms with Crippen molar-refractivity contribution in [2.24, 2.45) is 0 Å². The smallest absolute Gasteiger partial charge is 0.287 e. The number of rotatable bonds is 4. The maximum absolute atomic E-state index is 13.9. The van der Waals surface area contributed by atoms with Crippen LogP contribution in [0, 0.1) is 11.6 Å². The minimum absolute atomic E-state index is 0.142. The summed E-state index contributed by atoms with van der Waals surface area (Å²) in [5.41, 5.74) is -0.553. The predicted octanol–water partition coefficient (Wildman–Crippen LogP) is 3.36. The molecule has 1 amide bonds. The average molecular weight is 322 g/mol. The number of halogens is 3. The molecule has 3 nitrogen and oxygen atoms in total. The molecule has 0 aromatic heterocycles. The molecular weight excluding hydrogens is 308 g/mol. The summed E-state index contributed by atoms with van der Waals surface area (Å²) in [4.78, 5) is 10.4. The van der Waals surface area contributed by atoms with Crippen LogP contribution in [-0.4, -0.2) is 18.5 Å². The van der Waals surface area contributed by atoms with Crippen molar-refractivity contribution in [2.45, 2.75) is 19.3 Å². The Morgan fingerprint density at radius 1 is 1.39 bits per heavy atom. The quantitative estimate of drug-likeness (QED) is 0.682. The van der Waals surface area contributed by atoms with Crippen LogP contribution in [0.5, 0.6) is 5.75 Å². The molecule has 0 saturated heterocycles. The van der Waals surface area contributed by atoms with Crippen molar-refractivity contribution < 1.29 is 18.3 Å². The van der Waals surface area contributed by atoms with Gasteiger partial charge in [-0.25, -0.2) is 8.78 Å². The van der Waals surface area contributed by atoms with Crippen LogP contribution in [0.15, 0.2) is 12.1 Å². The molecule has 1 aromatic rings. The minimum Gasteiger partial charge on any atom is -0.494 e. The lowest BCUT2D eigenvalue weighted by atomic mass is 9.84. The first-order valence-electron chi connectivity index (χ1n) is 5.25. The monoisotopic (exact) mass is 321 g/mol. The minimum atomic E-state index is -0.735. The van der Waals surface area contributed by atoms with E-state index in [1.165, 1.54) is 7.11 Å². The number of hydrogen-bond acceptors (Lipinski definition) is 2. The van der Waals surface area contributed by atoms with Crippen LogP contribution in [0.25, 0.3) is 0 Å². The molecule has 0 radical (unpaired) electrons. The SMILES string of the molecule is COc1cc(F)c(C(C)(C)CNC(=O)Br)cc1F. The lowest BCUT2D eigenvalue weighted by molar-refractivity contribution is 0.259. The van der Waals surface area contributed by atoms with Gasteiger partial charge in [-0.1, -0.05) is 13.8 Å². The second-order valence-electron chi connectivity index (χ2n) is 4.48. The largest absolute Gasteiger partial charge is 0.494 e. The van der Waals surface area contributed by atoms with Gasteiger partial charge in [0, 0.05) is 34.0 Å². The van der Waals surface area contributed by atoms with Gasteiger partial charge in [0.25, 0.3) is 4.82 Å². The molecule has 18 heavy (non-hydrogen) atoms. The third-order valence-electron chi connectivity index (χ3n) is 2.64. The Hall–Kier alpha value is -1.17. The Balaban J connectivity index is 3.08. The van der Waals surface area contributed by atoms with E-state index in [9.17, 15) is 13.6 Å². The molecule has 1 aromatic carbocycles. The molecule has 0 aliphatic carbocycles. The summed E-state index contributed by atoms with van der Waals surface area (Å²) < 4.78 is 32.1. The molecular formula is C12H14BrF2NO2. The second kappa shape index (κ2) is 5.65. The van der Waals surface area contributed by atoms with Crippen molar-refractivity contribution in [1.82, 2.24) is 5.32 Å². The summed E-state index contributed by atoms with van der Waals surface area (Å²) in [7, 11) is 1.27. The van der Waals surface area contributed by atoms with Gasteiger partial charge in [0.1, 0.15) is 5.82 Å². The number of methoxy groups -OCH3 is 1. The zero-order chi connectivity index (χ0) is 13.9. The van der Waals surface area contributed by atoms with E-state index in [1.54, 1.807) is 13.8 Å². The third-order valence-corrected chi connectivity index (χ3v) is 2.92. The van der Waals surface area contributed by atoms with E-state index in [1.807, 2.05) is 0 Å². The number of carbonyl (C=O) groups is 1. The number of nitrogens with one attached hydrogen (secondary N) is 1. The van der Waals surface area contributed by atoms with E-state index in [2.05, 4.69) is 21.2 Å². The fourth-order valence-corrected chi connectivity index (χ4v) is 1.73. The summed E-state index contributed by atoms with van der Waals surface area (Å²) in [5, 5.41) is 2.52. The standard InChI is InChI=1S/C12H14BrF2NO2/c1-12(2,6-16-11(13)17)7-4-9(15)10(18-3)5-8(7)14/h4-5H,6H2,1-3H3,(H,16,17). The van der Waals surface area contributed by atoms with Crippen LogP contribution in [0.1, 0.15) is 19.4 Å². The summed E-state index contributed by atoms with van der Waals surface area (Å²) in [6, 6.07) is 2.09. The summed E-state index contributed by atoms with van der Waals surface area (Å²) in [5.74, 6) is -1.34. The van der Waals surface area contributed by atoms with Gasteiger partial charge in [-0.3, -0.25) is 4.79 Å². The van der Waals surface area contributed by atoms with Crippen LogP contribution in [0.3, 0.4) is 0 Å². The zero-order valence-corrected chi connectivity index (χ0v) is 11.9. The lowest BCUT2D eigenvalue weighted by Gasteiger charge is -2.26. The van der Waals surface area contributed by atoms with Gasteiger partial charge in [-0.2, -0.15) is 0 Å². The third kappa shape index (κ3) is 3.41. The van der Waals surface area contributed by atoms with Gasteiger partial charge in [-0.15, -0.1) is 0 Å². The van der Waals surface area contributed by atoms with Gasteiger partial charge in [0.05, 0.1) is 7.11 Å². The second-order valence-corrected chi connectivity index (χ2v) is 5.20. The molecule has 0 aliphatic rings. The van der Waals surface area contributed by atoms with Gasteiger partial charge in [0.15, 0.2) is 11.6 Å². The fourth-order valence-electron chi connectivity index (χ4n) is 1.59. The van der Waals surface area contributed by atoms with Crippen LogP contribution in [-0.2, 0) is 5.41 Å². The van der Waals surface area contributed by atoms with E-state index in [4.69, 9.17) is 4.74 Å². The van der Waals surface area contributed by atoms with Gasteiger partial charge < -0.3 is 10.1 Å². The maximum atomic E-state index is 13.9. The lowest BCUT2D eigenvalue weighted by Crippen LogP contribution is -2.34. The number of hydrogen-bond donors (Lipinski definition) is 1. The molecule has 0 atom stereocenters. The highest BCUT2D eigenvalue weighted by Gasteiger charge is 2.26. The topological polar surface area (TPSA) is 38.3 Å². The number of amides is 1. The van der Waals surface area contributed by atoms with Crippen molar-refractivity contribution in [3.05, 3.63) is 29.3 Å². The molecule has 1 N–H and O–H groups in total. The molecule has 0 heterocycles. The highest BCUT2D eigenvalue weighted by molar-refractivity contribution is 9.18. The van der Waals surface area contributed by atoms with Crippen molar-refractivity contribution >= 4 is 20.7 Å². The van der Waals surface area contributed by atoms with Gasteiger partial charge in [0.2, 0.25) is 0 Å². The van der Waals surface area contributed by atoms with Crippen LogP contribution < -0.4 is 10.1 Å². The van der Waals surface area contributed by atoms with Crippen LogP contribution in [0.4, 0.5) is 13.6 Å². The molecule has 0 fully saturated rings. The Morgan fingerprint density at radius 2 is 2.00 bits per heavy atom. The molecule has 0 aliphatic heterocycles. The fraction of sp³-hybridized carbons (Fsp3) is 0.417. The van der Waals surface area contributed by atoms with Gasteiger partial charge in [-0.05, 0) is 11.6 Å². The Bertz CT molecular complexity index is 464. The first-order valence-corrected chi connectivity index (χ1v) is 6.04. The molecule has 100 valence electrons. The average Bonchev–Trinajstić information content (AvgIpc) is 2.29. The Labute approximate surface area is 113 Å². The molecule has 0 bridgehead atoms. The highest BCUT2D eigenvalue weighted by atomic mass is 79.9. The summed E-state index contributed by atoms with van der Waals surface area (Å²) in [6.45, 7) is 3.60. The van der Waals surface area contributed by atoms with Crippen molar-refractivity contribution in [3.8, 4) is 5.75 Å². The first kappa shape index (κ1) is 14.9. The summed E-state index contributed by atoms with van der Waals surface area (Å²) >= 11 is 2.72. The van der Waals surface area contributed by atoms with Crippen LogP contribution in [0.2, 0.25) is 0 Å². The highest BCUT2D eigenvalue weighted by Crippen LogP contribution is 2.30. The summed E-state index contributed by atoms with van der Waals surface area (Å²) in [6.07, 6.45) is 0. The van der Waals surface area contributed by atoms with Crippen LogP contribution >= 0.6 is 15.9 Å². The van der Waals surface area contributed by atoms with E-state index in [0.717, 1.165) is 12.1 Å². The van der Waals surface area contributed by atoms with Crippen molar-refractivity contribution in [3.63, 3.8) is 0 Å². The first-order chi connectivity index (χ1) is 8.27. The van der Waals surface area contributed by atoms with Crippen molar-refractivity contribution in [1.29, 1.82) is 0 Å². The molecule has 6 heteroatoms. The van der Waals surface area contributed by atoms with Crippen molar-refractivity contribution in [2.75, 3.05) is 13.7 Å². The predicted molar refractivity (Wildman–Crippen MR) is 68.3 cm³/mol. The zero-order valence-electron chi connectivity index (χ0n) is 10.3. The molecule has 0 saturated carbocycles. The Morgan fingerprint density at radius 3 is 2.50 bits per heavy atom. The molecule has 0 unspecified atom stereocenters. The van der Waals surface area contributed by atoms with E-state index >= 15 is 0 Å². The number of benzene rings is 1. The Kier molecular flexibility index (Phi) is 4.67. The van der Waals surface area contributed by atoms with Gasteiger partial charge >= 0.3 is 0 Å². The normalized spacial score (nSPS) is 11.2. The number of carbonyl (C=O) groups excluding carboxylic acids is 1. The molecule has 1 rings (SSSR count). The number of ether oxygens (including phenoxy) is 1.